The summed E-state index contributed by atoms with van der Waals surface area (Å²) >= 11 is 0. The molecule has 3 heterocycles. The number of aromatic nitrogens is 2. The summed E-state index contributed by atoms with van der Waals surface area (Å²) in [5, 5.41) is 6.36. The van der Waals surface area contributed by atoms with Gasteiger partial charge in [-0.25, -0.2) is 18.4 Å². The van der Waals surface area contributed by atoms with Gasteiger partial charge in [0.1, 0.15) is 0 Å². The van der Waals surface area contributed by atoms with Gasteiger partial charge in [0.15, 0.2) is 11.6 Å². The van der Waals surface area contributed by atoms with E-state index in [0.29, 0.717) is 41.9 Å². The average Bonchev–Trinajstić information content (AvgIpc) is 2.97. The summed E-state index contributed by atoms with van der Waals surface area (Å²) in [6.45, 7) is 5.79. The van der Waals surface area contributed by atoms with E-state index in [1.807, 2.05) is 12.1 Å². The minimum Gasteiger partial charge on any atom is -0.490 e. The summed E-state index contributed by atoms with van der Waals surface area (Å²) in [5.41, 5.74) is 1.96. The molecule has 2 aromatic carbocycles. The lowest BCUT2D eigenvalue weighted by Crippen LogP contribution is -2.47. The molecule has 218 valence electrons. The van der Waals surface area contributed by atoms with Crippen LogP contribution in [0.15, 0.2) is 65.8 Å². The van der Waals surface area contributed by atoms with Gasteiger partial charge in [-0.2, -0.15) is 0 Å². The van der Waals surface area contributed by atoms with Crippen LogP contribution in [0.2, 0.25) is 0 Å². The van der Waals surface area contributed by atoms with Crippen molar-refractivity contribution in [3.05, 3.63) is 66.5 Å². The molecule has 2 atom stereocenters. The first kappa shape index (κ1) is 29.0. The van der Waals surface area contributed by atoms with Gasteiger partial charge >= 0.3 is 0 Å². The highest BCUT2D eigenvalue weighted by atomic mass is 32.2. The van der Waals surface area contributed by atoms with E-state index in [2.05, 4.69) is 37.3 Å². The molecule has 5 rings (SSSR count). The summed E-state index contributed by atoms with van der Waals surface area (Å²) in [5.74, 6) is 1.52. The maximum absolute atomic E-state index is 13.4. The Morgan fingerprint density at radius 2 is 1.83 bits per heavy atom. The maximum Gasteiger partial charge on any atom is 0.261 e. The van der Waals surface area contributed by atoms with E-state index in [-0.39, 0.29) is 22.8 Å². The first-order valence-corrected chi connectivity index (χ1v) is 15.6. The molecule has 2 aliphatic heterocycles. The highest BCUT2D eigenvalue weighted by Crippen LogP contribution is 2.28. The SMILES string of the molecule is CC(=O)NC1CCNCC1c1cccc(S(=O)(=O)Nc2cccc(-c3ncc(OCC4CCN(C)CC4)cn3)c2)c1. The van der Waals surface area contributed by atoms with Crippen molar-refractivity contribution >= 4 is 21.6 Å². The summed E-state index contributed by atoms with van der Waals surface area (Å²) in [7, 11) is -1.72. The lowest BCUT2D eigenvalue weighted by atomic mass is 9.87. The Balaban J connectivity index is 1.25. The summed E-state index contributed by atoms with van der Waals surface area (Å²) in [4.78, 5) is 23.1. The van der Waals surface area contributed by atoms with E-state index < -0.39 is 10.0 Å². The van der Waals surface area contributed by atoms with Crippen LogP contribution in [0.3, 0.4) is 0 Å². The van der Waals surface area contributed by atoms with Crippen LogP contribution in [0.25, 0.3) is 11.4 Å². The van der Waals surface area contributed by atoms with Gasteiger partial charge in [0.05, 0.1) is 23.9 Å². The molecule has 0 radical (unpaired) electrons. The molecule has 2 saturated heterocycles. The quantitative estimate of drug-likeness (QED) is 0.353. The number of amides is 1. The molecule has 11 heteroatoms. The van der Waals surface area contributed by atoms with E-state index in [0.717, 1.165) is 44.5 Å². The molecule has 41 heavy (non-hydrogen) atoms. The van der Waals surface area contributed by atoms with Crippen molar-refractivity contribution in [1.29, 1.82) is 0 Å². The van der Waals surface area contributed by atoms with Gasteiger partial charge in [-0.05, 0) is 81.7 Å². The Labute approximate surface area is 242 Å². The number of nitrogens with one attached hydrogen (secondary N) is 3. The fourth-order valence-electron chi connectivity index (χ4n) is 5.47. The second-order valence-corrected chi connectivity index (χ2v) is 12.6. The van der Waals surface area contributed by atoms with Gasteiger partial charge < -0.3 is 20.3 Å². The zero-order valence-electron chi connectivity index (χ0n) is 23.5. The number of benzene rings is 2. The third-order valence-corrected chi connectivity index (χ3v) is 9.17. The number of nitrogens with zero attached hydrogens (tertiary/aromatic N) is 3. The number of anilines is 1. The Hall–Kier alpha value is -3.54. The maximum atomic E-state index is 13.4. The van der Waals surface area contributed by atoms with Crippen LogP contribution in [0.1, 0.15) is 37.7 Å². The van der Waals surface area contributed by atoms with E-state index in [4.69, 9.17) is 4.74 Å². The summed E-state index contributed by atoms with van der Waals surface area (Å²) < 4.78 is 35.3. The van der Waals surface area contributed by atoms with Gasteiger partial charge in [0, 0.05) is 36.7 Å². The van der Waals surface area contributed by atoms with E-state index in [9.17, 15) is 13.2 Å². The van der Waals surface area contributed by atoms with Crippen molar-refractivity contribution in [1.82, 2.24) is 25.5 Å². The molecule has 0 aliphatic carbocycles. The molecule has 2 unspecified atom stereocenters. The van der Waals surface area contributed by atoms with Crippen molar-refractivity contribution in [2.75, 3.05) is 44.6 Å². The third-order valence-electron chi connectivity index (χ3n) is 7.79. The zero-order chi connectivity index (χ0) is 28.8. The second kappa shape index (κ2) is 13.0. The Morgan fingerprint density at radius 3 is 2.59 bits per heavy atom. The minimum atomic E-state index is -3.86. The van der Waals surface area contributed by atoms with E-state index >= 15 is 0 Å². The van der Waals surface area contributed by atoms with E-state index in [1.165, 1.54) is 6.92 Å². The summed E-state index contributed by atoms with van der Waals surface area (Å²) in [6.07, 6.45) is 6.34. The molecule has 3 aromatic rings. The van der Waals surface area contributed by atoms with Crippen molar-refractivity contribution in [2.24, 2.45) is 5.92 Å². The average molecular weight is 579 g/mol. The van der Waals surface area contributed by atoms with Gasteiger partial charge in [0.2, 0.25) is 5.91 Å². The molecule has 2 aliphatic rings. The third kappa shape index (κ3) is 7.60. The second-order valence-electron chi connectivity index (χ2n) is 11.0. The molecule has 3 N–H and O–H groups in total. The normalized spacial score (nSPS) is 20.3. The van der Waals surface area contributed by atoms with Gasteiger partial charge in [0.25, 0.3) is 10.0 Å². The lowest BCUT2D eigenvalue weighted by Gasteiger charge is -2.33. The molecule has 0 bridgehead atoms. The van der Waals surface area contributed by atoms with Crippen LogP contribution in [0, 0.1) is 5.92 Å². The number of likely N-dealkylation sites (tertiary alicyclic amines) is 1. The number of hydrogen-bond donors (Lipinski definition) is 3. The number of rotatable bonds is 9. The number of carbonyl (C=O) groups excluding carboxylic acids is 1. The van der Waals surface area contributed by atoms with Gasteiger partial charge in [-0.15, -0.1) is 0 Å². The molecule has 0 spiro atoms. The molecule has 1 aromatic heterocycles. The highest BCUT2D eigenvalue weighted by molar-refractivity contribution is 7.92. The predicted octanol–water partition coefficient (Wildman–Crippen LogP) is 3.25. The molecular weight excluding hydrogens is 540 g/mol. The van der Waals surface area contributed by atoms with Crippen LogP contribution >= 0.6 is 0 Å². The van der Waals surface area contributed by atoms with Crippen molar-refractivity contribution in [2.45, 2.75) is 43.0 Å². The topological polar surface area (TPSA) is 126 Å². The number of hydrogen-bond acceptors (Lipinski definition) is 8. The van der Waals surface area contributed by atoms with Crippen LogP contribution < -0.4 is 20.1 Å². The predicted molar refractivity (Wildman–Crippen MR) is 158 cm³/mol. The van der Waals surface area contributed by atoms with Crippen LogP contribution in [-0.2, 0) is 14.8 Å². The number of sulfonamides is 1. The van der Waals surface area contributed by atoms with E-state index in [1.54, 1.807) is 48.8 Å². The largest absolute Gasteiger partial charge is 0.490 e. The Morgan fingerprint density at radius 1 is 1.07 bits per heavy atom. The monoisotopic (exact) mass is 578 g/mol. The van der Waals surface area contributed by atoms with Crippen molar-refractivity contribution in [3.63, 3.8) is 0 Å². The van der Waals surface area contributed by atoms with Crippen molar-refractivity contribution in [3.8, 4) is 17.1 Å². The highest BCUT2D eigenvalue weighted by Gasteiger charge is 2.28. The standard InChI is InChI=1S/C30H38N6O4S/c1-21(37)34-29-9-12-31-19-28(29)23-5-4-8-27(16-23)41(38,39)35-25-7-3-6-24(15-25)30-32-17-26(18-33-30)40-20-22-10-13-36(2)14-11-22/h3-8,15-18,22,28-29,31,35H,9-14,19-20H2,1-2H3,(H,34,37). The number of carbonyl (C=O) groups is 1. The minimum absolute atomic E-state index is 0.0282. The van der Waals surface area contributed by atoms with Gasteiger partial charge in [-0.1, -0.05) is 24.3 Å². The molecule has 10 nitrogen and oxygen atoms in total. The van der Waals surface area contributed by atoms with Gasteiger partial charge in [-0.3, -0.25) is 9.52 Å². The molecular formula is C30H38N6O4S. The molecule has 2 fully saturated rings. The lowest BCUT2D eigenvalue weighted by molar-refractivity contribution is -0.119. The molecule has 0 saturated carbocycles. The van der Waals surface area contributed by atoms with Crippen LogP contribution in [0.4, 0.5) is 5.69 Å². The van der Waals surface area contributed by atoms with Crippen molar-refractivity contribution < 1.29 is 17.9 Å². The number of ether oxygens (including phenoxy) is 1. The van der Waals surface area contributed by atoms with Crippen LogP contribution in [0.5, 0.6) is 5.75 Å². The summed E-state index contributed by atoms with van der Waals surface area (Å²) in [6, 6.07) is 13.9. The zero-order valence-corrected chi connectivity index (χ0v) is 24.4. The van der Waals surface area contributed by atoms with Crippen LogP contribution in [-0.4, -0.2) is 75.1 Å². The fraction of sp³-hybridized carbons (Fsp3) is 0.433. The Kier molecular flexibility index (Phi) is 9.16. The smallest absolute Gasteiger partial charge is 0.261 e. The first-order chi connectivity index (χ1) is 19.8. The molecule has 1 amide bonds. The fourth-order valence-corrected chi connectivity index (χ4v) is 6.58. The first-order valence-electron chi connectivity index (χ1n) is 14.1. The number of piperidine rings is 2. The Bertz CT molecular complexity index is 1440.